The molecule has 0 aliphatic rings. The summed E-state index contributed by atoms with van der Waals surface area (Å²) in [6.07, 6.45) is 2.11. The SMILES string of the molecule is C=CC(NCC)C(C)OCC. The first-order valence-electron chi connectivity index (χ1n) is 4.23. The maximum absolute atomic E-state index is 5.41. The highest BCUT2D eigenvalue weighted by Gasteiger charge is 2.11. The van der Waals surface area contributed by atoms with Crippen LogP contribution < -0.4 is 5.32 Å². The highest BCUT2D eigenvalue weighted by atomic mass is 16.5. The minimum Gasteiger partial charge on any atom is -0.377 e. The van der Waals surface area contributed by atoms with E-state index < -0.39 is 0 Å². The lowest BCUT2D eigenvalue weighted by atomic mass is 10.2. The molecule has 0 heterocycles. The lowest BCUT2D eigenvalue weighted by Crippen LogP contribution is -2.37. The Balaban J connectivity index is 3.70. The van der Waals surface area contributed by atoms with Gasteiger partial charge in [0.15, 0.2) is 0 Å². The number of ether oxygens (including phenoxy) is 1. The fraction of sp³-hybridized carbons (Fsp3) is 0.778. The van der Waals surface area contributed by atoms with Crippen molar-refractivity contribution in [2.75, 3.05) is 13.2 Å². The molecule has 2 atom stereocenters. The number of likely N-dealkylation sites (N-methyl/N-ethyl adjacent to an activating group) is 1. The Morgan fingerprint density at radius 2 is 2.18 bits per heavy atom. The van der Waals surface area contributed by atoms with Gasteiger partial charge in [-0.2, -0.15) is 0 Å². The van der Waals surface area contributed by atoms with Gasteiger partial charge in [-0.05, 0) is 20.4 Å². The Bertz CT molecular complexity index is 104. The Hall–Kier alpha value is -0.340. The molecule has 0 rings (SSSR count). The number of hydrogen-bond donors (Lipinski definition) is 1. The third-order valence-corrected chi connectivity index (χ3v) is 1.63. The highest BCUT2D eigenvalue weighted by Crippen LogP contribution is 1.99. The lowest BCUT2D eigenvalue weighted by molar-refractivity contribution is 0.0597. The van der Waals surface area contributed by atoms with Gasteiger partial charge in [0, 0.05) is 6.61 Å². The number of rotatable bonds is 6. The van der Waals surface area contributed by atoms with Crippen molar-refractivity contribution in [3.8, 4) is 0 Å². The van der Waals surface area contributed by atoms with Crippen molar-refractivity contribution in [1.29, 1.82) is 0 Å². The maximum atomic E-state index is 5.41. The van der Waals surface area contributed by atoms with Crippen LogP contribution in [-0.2, 0) is 4.74 Å². The summed E-state index contributed by atoms with van der Waals surface area (Å²) >= 11 is 0. The molecule has 0 bridgehead atoms. The van der Waals surface area contributed by atoms with Crippen LogP contribution in [0.3, 0.4) is 0 Å². The minimum atomic E-state index is 0.220. The summed E-state index contributed by atoms with van der Waals surface area (Å²) < 4.78 is 5.41. The van der Waals surface area contributed by atoms with Gasteiger partial charge in [0.1, 0.15) is 0 Å². The third-order valence-electron chi connectivity index (χ3n) is 1.63. The van der Waals surface area contributed by atoms with Gasteiger partial charge in [0.05, 0.1) is 12.1 Å². The smallest absolute Gasteiger partial charge is 0.0735 e. The lowest BCUT2D eigenvalue weighted by Gasteiger charge is -2.20. The summed E-state index contributed by atoms with van der Waals surface area (Å²) in [5.41, 5.74) is 0. The molecule has 66 valence electrons. The molecule has 2 heteroatoms. The van der Waals surface area contributed by atoms with Gasteiger partial charge in [-0.15, -0.1) is 6.58 Å². The Morgan fingerprint density at radius 1 is 1.55 bits per heavy atom. The second-order valence-corrected chi connectivity index (χ2v) is 2.48. The van der Waals surface area contributed by atoms with E-state index in [9.17, 15) is 0 Å². The van der Waals surface area contributed by atoms with Crippen molar-refractivity contribution in [2.24, 2.45) is 0 Å². The molecule has 0 fully saturated rings. The second-order valence-electron chi connectivity index (χ2n) is 2.48. The van der Waals surface area contributed by atoms with E-state index in [-0.39, 0.29) is 12.1 Å². The van der Waals surface area contributed by atoms with Crippen molar-refractivity contribution in [3.63, 3.8) is 0 Å². The first-order valence-corrected chi connectivity index (χ1v) is 4.23. The van der Waals surface area contributed by atoms with Gasteiger partial charge in [-0.3, -0.25) is 0 Å². The Kier molecular flexibility index (Phi) is 6.18. The molecular formula is C9H19NO. The van der Waals surface area contributed by atoms with Gasteiger partial charge in [0.2, 0.25) is 0 Å². The molecule has 0 spiro atoms. The molecule has 0 aliphatic carbocycles. The molecule has 2 nitrogen and oxygen atoms in total. The van der Waals surface area contributed by atoms with Crippen molar-refractivity contribution in [2.45, 2.75) is 32.9 Å². The van der Waals surface area contributed by atoms with Crippen molar-refractivity contribution in [1.82, 2.24) is 5.32 Å². The van der Waals surface area contributed by atoms with Crippen LogP contribution in [0.1, 0.15) is 20.8 Å². The molecule has 2 unspecified atom stereocenters. The topological polar surface area (TPSA) is 21.3 Å². The van der Waals surface area contributed by atoms with E-state index >= 15 is 0 Å². The summed E-state index contributed by atoms with van der Waals surface area (Å²) in [6, 6.07) is 0.278. The fourth-order valence-electron chi connectivity index (χ4n) is 1.04. The molecule has 11 heavy (non-hydrogen) atoms. The molecule has 0 aromatic heterocycles. The van der Waals surface area contributed by atoms with Crippen LogP contribution in [0.15, 0.2) is 12.7 Å². The molecule has 1 N–H and O–H groups in total. The largest absolute Gasteiger partial charge is 0.377 e. The van der Waals surface area contributed by atoms with E-state index in [1.165, 1.54) is 0 Å². The normalized spacial score (nSPS) is 15.9. The zero-order chi connectivity index (χ0) is 8.69. The monoisotopic (exact) mass is 157 g/mol. The van der Waals surface area contributed by atoms with E-state index in [0.717, 1.165) is 13.2 Å². The molecule has 0 aliphatic heterocycles. The molecular weight excluding hydrogens is 138 g/mol. The second kappa shape index (κ2) is 6.38. The fourth-order valence-corrected chi connectivity index (χ4v) is 1.04. The van der Waals surface area contributed by atoms with Gasteiger partial charge >= 0.3 is 0 Å². The zero-order valence-electron chi connectivity index (χ0n) is 7.76. The van der Waals surface area contributed by atoms with E-state index in [1.807, 2.05) is 13.0 Å². The predicted octanol–water partition coefficient (Wildman–Crippen LogP) is 1.58. The van der Waals surface area contributed by atoms with Crippen LogP contribution in [0.25, 0.3) is 0 Å². The average molecular weight is 157 g/mol. The van der Waals surface area contributed by atoms with Crippen molar-refractivity contribution >= 4 is 0 Å². The van der Waals surface area contributed by atoms with E-state index in [4.69, 9.17) is 4.74 Å². The Morgan fingerprint density at radius 3 is 2.55 bits per heavy atom. The maximum Gasteiger partial charge on any atom is 0.0735 e. The van der Waals surface area contributed by atoms with Crippen LogP contribution in [-0.4, -0.2) is 25.3 Å². The van der Waals surface area contributed by atoms with E-state index in [2.05, 4.69) is 25.7 Å². The summed E-state index contributed by atoms with van der Waals surface area (Å²) in [4.78, 5) is 0. The van der Waals surface area contributed by atoms with Crippen molar-refractivity contribution in [3.05, 3.63) is 12.7 Å². The van der Waals surface area contributed by atoms with Crippen LogP contribution in [0.2, 0.25) is 0 Å². The molecule has 0 saturated heterocycles. The van der Waals surface area contributed by atoms with E-state index in [1.54, 1.807) is 0 Å². The molecule has 0 saturated carbocycles. The first kappa shape index (κ1) is 10.7. The number of hydrogen-bond acceptors (Lipinski definition) is 2. The zero-order valence-corrected chi connectivity index (χ0v) is 7.76. The highest BCUT2D eigenvalue weighted by molar-refractivity contribution is 4.89. The van der Waals surface area contributed by atoms with Gasteiger partial charge in [-0.1, -0.05) is 13.0 Å². The molecule has 0 amide bonds. The molecule has 0 aromatic rings. The summed E-state index contributed by atoms with van der Waals surface area (Å²) in [5, 5.41) is 3.27. The number of nitrogens with one attached hydrogen (secondary N) is 1. The molecule has 0 radical (unpaired) electrons. The van der Waals surface area contributed by atoms with E-state index in [0.29, 0.717) is 0 Å². The standard InChI is InChI=1S/C9H19NO/c1-5-9(10-6-2)8(4)11-7-3/h5,8-10H,1,6-7H2,2-4H3. The molecule has 0 aromatic carbocycles. The van der Waals surface area contributed by atoms with Crippen molar-refractivity contribution < 1.29 is 4.74 Å². The van der Waals surface area contributed by atoms with Gasteiger partial charge < -0.3 is 10.1 Å². The Labute approximate surface area is 69.6 Å². The first-order chi connectivity index (χ1) is 5.26. The summed E-state index contributed by atoms with van der Waals surface area (Å²) in [6.45, 7) is 11.6. The average Bonchev–Trinajstić information content (AvgIpc) is 2.00. The summed E-state index contributed by atoms with van der Waals surface area (Å²) in [5.74, 6) is 0. The van der Waals surface area contributed by atoms with Crippen LogP contribution in [0, 0.1) is 0 Å². The quantitative estimate of drug-likeness (QED) is 0.591. The van der Waals surface area contributed by atoms with Crippen LogP contribution in [0.4, 0.5) is 0 Å². The summed E-state index contributed by atoms with van der Waals surface area (Å²) in [7, 11) is 0. The minimum absolute atomic E-state index is 0.220. The van der Waals surface area contributed by atoms with Crippen LogP contribution >= 0.6 is 0 Å². The van der Waals surface area contributed by atoms with Gasteiger partial charge in [0.25, 0.3) is 0 Å². The third kappa shape index (κ3) is 4.17. The van der Waals surface area contributed by atoms with Gasteiger partial charge in [-0.25, -0.2) is 0 Å². The van der Waals surface area contributed by atoms with Crippen LogP contribution in [0.5, 0.6) is 0 Å². The predicted molar refractivity (Wildman–Crippen MR) is 48.7 cm³/mol.